The molecule has 0 spiro atoms. The minimum absolute atomic E-state index is 0.217. The summed E-state index contributed by atoms with van der Waals surface area (Å²) in [6.45, 7) is 7.93. The minimum atomic E-state index is -3.62. The molecule has 1 saturated heterocycles. The summed E-state index contributed by atoms with van der Waals surface area (Å²) in [5, 5.41) is 10.5. The molecule has 0 bridgehead atoms. The number of halogens is 1. The Kier molecular flexibility index (Phi) is 6.81. The van der Waals surface area contributed by atoms with Crippen molar-refractivity contribution in [3.63, 3.8) is 0 Å². The van der Waals surface area contributed by atoms with Gasteiger partial charge < -0.3 is 14.4 Å². The molecule has 3 aromatic rings. The first-order chi connectivity index (χ1) is 15.7. The largest absolute Gasteiger partial charge is 0.507 e. The van der Waals surface area contributed by atoms with Crippen molar-refractivity contribution in [2.45, 2.75) is 38.6 Å². The molecular formula is C24H28ClN3O4S. The van der Waals surface area contributed by atoms with Crippen LogP contribution in [0.3, 0.4) is 0 Å². The number of rotatable bonds is 6. The van der Waals surface area contributed by atoms with E-state index in [-0.39, 0.29) is 10.6 Å². The lowest BCUT2D eigenvalue weighted by Gasteiger charge is -2.26. The van der Waals surface area contributed by atoms with Crippen molar-refractivity contribution < 1.29 is 18.3 Å². The normalized spacial score (nSPS) is 15.9. The van der Waals surface area contributed by atoms with Gasteiger partial charge in [-0.05, 0) is 73.4 Å². The number of hydrogen-bond acceptors (Lipinski definition) is 5. The molecule has 7 nitrogen and oxygen atoms in total. The summed E-state index contributed by atoms with van der Waals surface area (Å²) in [4.78, 5) is 4.93. The Bertz CT molecular complexity index is 1300. The average molecular weight is 490 g/mol. The second-order valence-corrected chi connectivity index (χ2v) is 10.6. The Morgan fingerprint density at radius 2 is 1.85 bits per heavy atom. The van der Waals surface area contributed by atoms with E-state index >= 15 is 0 Å². The quantitative estimate of drug-likeness (QED) is 0.550. The summed E-state index contributed by atoms with van der Waals surface area (Å²) in [7, 11) is -3.62. The third kappa shape index (κ3) is 4.66. The monoisotopic (exact) mass is 489 g/mol. The van der Waals surface area contributed by atoms with Gasteiger partial charge in [0, 0.05) is 19.6 Å². The molecule has 33 heavy (non-hydrogen) atoms. The number of sulfonamides is 1. The maximum Gasteiger partial charge on any atom is 0.243 e. The minimum Gasteiger partial charge on any atom is -0.507 e. The Balaban J connectivity index is 1.78. The van der Waals surface area contributed by atoms with Gasteiger partial charge in [-0.3, -0.25) is 0 Å². The van der Waals surface area contributed by atoms with Crippen molar-refractivity contribution >= 4 is 43.8 Å². The second kappa shape index (κ2) is 9.46. The number of nitrogens with zero attached hydrogens (tertiary/aromatic N) is 3. The topological polar surface area (TPSA) is 84.7 Å². The lowest BCUT2D eigenvalue weighted by Crippen LogP contribution is -2.40. The van der Waals surface area contributed by atoms with E-state index in [4.69, 9.17) is 21.3 Å². The molecule has 1 aliphatic rings. The van der Waals surface area contributed by atoms with Crippen molar-refractivity contribution in [1.82, 2.24) is 13.9 Å². The van der Waals surface area contributed by atoms with Crippen molar-refractivity contribution in [2.24, 2.45) is 0 Å². The van der Waals surface area contributed by atoms with Crippen LogP contribution in [0, 0.1) is 13.8 Å². The Morgan fingerprint density at radius 3 is 2.48 bits per heavy atom. The first-order valence-electron chi connectivity index (χ1n) is 11.0. The SMILES string of the molecule is CCCn1c(/C(Cl)=C/c2cc(C)c(O)c(C)c2)nc2cc(S(=O)(=O)N3CCOCC3)ccc21. The van der Waals surface area contributed by atoms with E-state index in [2.05, 4.69) is 6.92 Å². The van der Waals surface area contributed by atoms with Gasteiger partial charge in [0.1, 0.15) is 5.75 Å². The average Bonchev–Trinajstić information content (AvgIpc) is 3.16. The molecular weight excluding hydrogens is 462 g/mol. The smallest absolute Gasteiger partial charge is 0.243 e. The molecule has 9 heteroatoms. The van der Waals surface area contributed by atoms with Gasteiger partial charge in [0.2, 0.25) is 10.0 Å². The maximum absolute atomic E-state index is 13.1. The number of fused-ring (bicyclic) bond motifs is 1. The van der Waals surface area contributed by atoms with Gasteiger partial charge in [0.05, 0.1) is 34.2 Å². The first-order valence-corrected chi connectivity index (χ1v) is 12.8. The molecule has 0 radical (unpaired) electrons. The van der Waals surface area contributed by atoms with Crippen molar-refractivity contribution in [3.05, 3.63) is 52.8 Å². The van der Waals surface area contributed by atoms with Crippen molar-refractivity contribution in [3.8, 4) is 5.75 Å². The van der Waals surface area contributed by atoms with E-state index < -0.39 is 10.0 Å². The zero-order valence-electron chi connectivity index (χ0n) is 19.0. The number of aromatic hydroxyl groups is 1. The molecule has 1 fully saturated rings. The number of phenolic OH excluding ortho intramolecular Hbond substituents is 1. The van der Waals surface area contributed by atoms with Crippen LogP contribution in [0.2, 0.25) is 0 Å². The van der Waals surface area contributed by atoms with Crippen LogP contribution in [0.5, 0.6) is 5.75 Å². The van der Waals surface area contributed by atoms with Gasteiger partial charge in [-0.25, -0.2) is 13.4 Å². The fourth-order valence-corrected chi connectivity index (χ4v) is 5.82. The molecule has 0 aliphatic carbocycles. The molecule has 2 aromatic carbocycles. The summed E-state index contributed by atoms with van der Waals surface area (Å²) in [5.41, 5.74) is 3.81. The summed E-state index contributed by atoms with van der Waals surface area (Å²) >= 11 is 6.72. The van der Waals surface area contributed by atoms with Crippen molar-refractivity contribution in [1.29, 1.82) is 0 Å². The summed E-state index contributed by atoms with van der Waals surface area (Å²) < 4.78 is 34.9. The fraction of sp³-hybridized carbons (Fsp3) is 0.375. The molecule has 1 N–H and O–H groups in total. The molecule has 1 aliphatic heterocycles. The van der Waals surface area contributed by atoms with Gasteiger partial charge >= 0.3 is 0 Å². The summed E-state index contributed by atoms with van der Waals surface area (Å²) in [5.74, 6) is 0.855. The third-order valence-corrected chi connectivity index (χ3v) is 7.97. The predicted molar refractivity (Wildman–Crippen MR) is 131 cm³/mol. The van der Waals surface area contributed by atoms with E-state index in [1.807, 2.05) is 36.6 Å². The zero-order valence-corrected chi connectivity index (χ0v) is 20.6. The van der Waals surface area contributed by atoms with Crippen LogP contribution in [-0.2, 0) is 21.3 Å². The molecule has 1 aromatic heterocycles. The van der Waals surface area contributed by atoms with Crippen LogP contribution in [0.25, 0.3) is 22.1 Å². The number of benzene rings is 2. The number of imidazole rings is 1. The van der Waals surface area contributed by atoms with Gasteiger partial charge in [-0.2, -0.15) is 4.31 Å². The fourth-order valence-electron chi connectivity index (χ4n) is 4.12. The number of aromatic nitrogens is 2. The highest BCUT2D eigenvalue weighted by atomic mass is 35.5. The van der Waals surface area contributed by atoms with E-state index in [9.17, 15) is 13.5 Å². The van der Waals surface area contributed by atoms with Crippen LogP contribution in [0.4, 0.5) is 0 Å². The van der Waals surface area contributed by atoms with Gasteiger partial charge in [-0.15, -0.1) is 0 Å². The Morgan fingerprint density at radius 1 is 1.18 bits per heavy atom. The lowest BCUT2D eigenvalue weighted by molar-refractivity contribution is 0.0730. The Hall–Kier alpha value is -2.39. The molecule has 0 amide bonds. The molecule has 0 unspecified atom stereocenters. The highest BCUT2D eigenvalue weighted by Crippen LogP contribution is 2.30. The van der Waals surface area contributed by atoms with Crippen molar-refractivity contribution in [2.75, 3.05) is 26.3 Å². The van der Waals surface area contributed by atoms with Crippen LogP contribution >= 0.6 is 11.6 Å². The summed E-state index contributed by atoms with van der Waals surface area (Å²) in [6, 6.07) is 8.78. The number of hydrogen-bond donors (Lipinski definition) is 1. The van der Waals surface area contributed by atoms with E-state index in [1.165, 1.54) is 4.31 Å². The van der Waals surface area contributed by atoms with Crippen LogP contribution in [0.1, 0.15) is 35.9 Å². The van der Waals surface area contributed by atoms with Gasteiger partial charge in [-0.1, -0.05) is 18.5 Å². The van der Waals surface area contributed by atoms with Crippen LogP contribution in [0.15, 0.2) is 35.2 Å². The number of aryl methyl sites for hydroxylation is 3. The highest BCUT2D eigenvalue weighted by molar-refractivity contribution is 7.89. The van der Waals surface area contributed by atoms with Gasteiger partial charge in [0.25, 0.3) is 0 Å². The molecule has 0 atom stereocenters. The number of morpholine rings is 1. The molecule has 4 rings (SSSR count). The predicted octanol–water partition coefficient (Wildman–Crippen LogP) is 4.53. The highest BCUT2D eigenvalue weighted by Gasteiger charge is 2.27. The maximum atomic E-state index is 13.1. The van der Waals surface area contributed by atoms with Gasteiger partial charge in [0.15, 0.2) is 5.82 Å². The number of ether oxygens (including phenoxy) is 1. The molecule has 2 heterocycles. The molecule has 176 valence electrons. The molecule has 0 saturated carbocycles. The lowest BCUT2D eigenvalue weighted by atomic mass is 10.1. The standard InChI is InChI=1S/C24H28ClN3O4S/c1-4-7-28-22-6-5-19(33(30,31)27-8-10-32-11-9-27)15-21(22)26-24(28)20(25)14-18-12-16(2)23(29)17(3)13-18/h5-6,12-15,29H,4,7-11H2,1-3H3/b20-14-. The van der Waals surface area contributed by atoms with E-state index in [0.29, 0.717) is 49.2 Å². The van der Waals surface area contributed by atoms with E-state index in [0.717, 1.165) is 28.6 Å². The third-order valence-electron chi connectivity index (χ3n) is 5.80. The van der Waals surface area contributed by atoms with Crippen LogP contribution < -0.4 is 0 Å². The summed E-state index contributed by atoms with van der Waals surface area (Å²) in [6.07, 6.45) is 2.69. The first kappa shape index (κ1) is 23.8. The number of phenols is 1. The van der Waals surface area contributed by atoms with E-state index in [1.54, 1.807) is 18.2 Å². The second-order valence-electron chi connectivity index (χ2n) is 8.25. The Labute approximate surface area is 199 Å². The van der Waals surface area contributed by atoms with Crippen LogP contribution in [-0.4, -0.2) is 53.7 Å². The zero-order chi connectivity index (χ0) is 23.8.